The molecular weight excluding hydrogens is 297 g/mol. The van der Waals surface area contributed by atoms with Gasteiger partial charge in [0.1, 0.15) is 3.70 Å². The summed E-state index contributed by atoms with van der Waals surface area (Å²) in [5, 5.41) is 11.6. The molecule has 2 rings (SSSR count). The molecule has 5 heteroatoms. The van der Waals surface area contributed by atoms with Gasteiger partial charge in [0.05, 0.1) is 11.1 Å². The third-order valence-electron chi connectivity index (χ3n) is 2.53. The van der Waals surface area contributed by atoms with Gasteiger partial charge in [-0.3, -0.25) is 0 Å². The summed E-state index contributed by atoms with van der Waals surface area (Å²) >= 11 is 2.19. The summed E-state index contributed by atoms with van der Waals surface area (Å²) in [6, 6.07) is 0. The van der Waals surface area contributed by atoms with E-state index in [4.69, 9.17) is 0 Å². The first kappa shape index (κ1) is 9.55. The van der Waals surface area contributed by atoms with Crippen LogP contribution in [0.4, 0.5) is 0 Å². The van der Waals surface area contributed by atoms with E-state index in [9.17, 15) is 0 Å². The molecule has 2 heterocycles. The van der Waals surface area contributed by atoms with Crippen molar-refractivity contribution in [1.82, 2.24) is 15.0 Å². The summed E-state index contributed by atoms with van der Waals surface area (Å²) in [5.41, 5.74) is 0. The Bertz CT molecular complexity index is 414. The Morgan fingerprint density at radius 3 is 2.92 bits per heavy atom. The van der Waals surface area contributed by atoms with E-state index < -0.39 is 0 Å². The maximum absolute atomic E-state index is 4.16. The molecule has 1 aliphatic heterocycles. The first-order valence-electron chi connectivity index (χ1n) is 4.26. The van der Waals surface area contributed by atoms with Crippen LogP contribution in [0.15, 0.2) is 6.20 Å². The van der Waals surface area contributed by atoms with Crippen molar-refractivity contribution in [1.29, 1.82) is 0 Å². The predicted molar refractivity (Wildman–Crippen MR) is 64.4 cm³/mol. The normalized spacial score (nSPS) is 24.4. The zero-order valence-electron chi connectivity index (χ0n) is 7.66. The Hall–Kier alpha value is -0.0000000000000000833. The van der Waals surface area contributed by atoms with Crippen LogP contribution in [0.2, 0.25) is 0 Å². The number of rotatable bonds is 2. The van der Waals surface area contributed by atoms with Crippen LogP contribution in [-0.4, -0.2) is 20.7 Å². The third kappa shape index (κ3) is 1.65. The average Bonchev–Trinajstić information content (AvgIpc) is 2.89. The minimum atomic E-state index is -0.0519. The number of halogens is 1. The van der Waals surface area contributed by atoms with E-state index in [-0.39, 0.29) is 15.2 Å². The minimum absolute atomic E-state index is 0.0519. The molecule has 0 saturated heterocycles. The molecule has 1 aromatic heterocycles. The van der Waals surface area contributed by atoms with Gasteiger partial charge in [-0.25, -0.2) is 4.68 Å². The summed E-state index contributed by atoms with van der Waals surface area (Å²) in [6.07, 6.45) is 3.12. The number of hydrogen-bond donors (Lipinski definition) is 1. The Balaban J connectivity index is 2.38. The van der Waals surface area contributed by atoms with Gasteiger partial charge in [0.2, 0.25) is 0 Å². The lowest BCUT2D eigenvalue weighted by atomic mass is 10.2. The van der Waals surface area contributed by atoms with Crippen LogP contribution < -0.4 is 0 Å². The topological polar surface area (TPSA) is 30.7 Å². The zero-order valence-corrected chi connectivity index (χ0v) is 10.7. The van der Waals surface area contributed by atoms with Crippen LogP contribution in [0.1, 0.15) is 20.3 Å². The van der Waals surface area contributed by atoms with Gasteiger partial charge in [-0.05, 0) is 35.9 Å². The van der Waals surface area contributed by atoms with Gasteiger partial charge in [0.25, 0.3) is 0 Å². The second-order valence-electron chi connectivity index (χ2n) is 3.30. The second-order valence-corrected chi connectivity index (χ2v) is 6.86. The highest BCUT2D eigenvalue weighted by Crippen LogP contribution is 2.43. The van der Waals surface area contributed by atoms with E-state index >= 15 is 0 Å². The van der Waals surface area contributed by atoms with Crippen LogP contribution in [0.25, 0.3) is 0 Å². The van der Waals surface area contributed by atoms with Crippen LogP contribution >= 0.6 is 32.9 Å². The van der Waals surface area contributed by atoms with Gasteiger partial charge in [-0.15, -0.1) is 10.3 Å². The van der Waals surface area contributed by atoms with Gasteiger partial charge < -0.3 is 0 Å². The summed E-state index contributed by atoms with van der Waals surface area (Å²) in [5.74, 6) is 1.16. The molecule has 0 bridgehead atoms. The molecule has 0 N–H and O–H groups in total. The zero-order chi connectivity index (χ0) is 9.47. The molecule has 0 aliphatic carbocycles. The summed E-state index contributed by atoms with van der Waals surface area (Å²) in [6.45, 7) is 4.46. The number of aromatic nitrogens is 3. The third-order valence-corrected chi connectivity index (χ3v) is 5.34. The van der Waals surface area contributed by atoms with Gasteiger partial charge in [-0.2, -0.15) is 10.3 Å². The largest absolute Gasteiger partial charge is 0.236 e. The summed E-state index contributed by atoms with van der Waals surface area (Å²) in [7, 11) is -0.0519. The molecule has 1 aliphatic rings. The van der Waals surface area contributed by atoms with E-state index in [2.05, 4.69) is 51.9 Å². The fourth-order valence-electron chi connectivity index (χ4n) is 1.33. The summed E-state index contributed by atoms with van der Waals surface area (Å²) < 4.78 is 2.98. The molecule has 1 aromatic rings. The van der Waals surface area contributed by atoms with Crippen LogP contribution in [0, 0.1) is 8.89 Å². The smallest absolute Gasteiger partial charge is 0.143 e. The Morgan fingerprint density at radius 1 is 1.85 bits per heavy atom. The summed E-state index contributed by atoms with van der Waals surface area (Å²) in [4.78, 5) is 0.158. The highest BCUT2D eigenvalue weighted by molar-refractivity contribution is 14.1. The van der Waals surface area contributed by atoms with Gasteiger partial charge in [0.15, 0.2) is 0 Å². The lowest BCUT2D eigenvalue weighted by Gasteiger charge is -2.25. The van der Waals surface area contributed by atoms with Crippen LogP contribution in [0.5, 0.6) is 0 Å². The molecule has 0 amide bonds. The molecule has 0 radical (unpaired) electrons. The fraction of sp³-hybridized carbons (Fsp3) is 0.625. The Morgan fingerprint density at radius 2 is 2.54 bits per heavy atom. The standard InChI is InChI=1S/C8H12IN3S/c1-3-8(2,13-4-5-13)12-6-7(9)10-11-12/h6,13H,3-4H2,1-2H3. The Labute approximate surface area is 93.6 Å². The average molecular weight is 309 g/mol. The van der Waals surface area contributed by atoms with Crippen molar-refractivity contribution in [3.05, 3.63) is 9.90 Å². The lowest BCUT2D eigenvalue weighted by molar-refractivity contribution is 0.414. The van der Waals surface area contributed by atoms with E-state index in [1.807, 2.05) is 10.9 Å². The highest BCUT2D eigenvalue weighted by atomic mass is 127. The molecule has 0 fully saturated rings. The molecule has 2 atom stereocenters. The first-order valence-corrected chi connectivity index (χ1v) is 6.87. The Kier molecular flexibility index (Phi) is 2.42. The quantitative estimate of drug-likeness (QED) is 0.668. The highest BCUT2D eigenvalue weighted by Gasteiger charge is 2.30. The van der Waals surface area contributed by atoms with Gasteiger partial charge >= 0.3 is 0 Å². The monoisotopic (exact) mass is 309 g/mol. The van der Waals surface area contributed by atoms with E-state index in [0.29, 0.717) is 0 Å². The van der Waals surface area contributed by atoms with E-state index in [1.165, 1.54) is 0 Å². The van der Waals surface area contributed by atoms with Crippen molar-refractivity contribution < 1.29 is 0 Å². The molecule has 0 aromatic carbocycles. The molecule has 3 nitrogen and oxygen atoms in total. The number of nitrogens with zero attached hydrogens (tertiary/aromatic N) is 3. The van der Waals surface area contributed by atoms with Crippen molar-refractivity contribution in [3.63, 3.8) is 0 Å². The predicted octanol–water partition coefficient (Wildman–Crippen LogP) is 1.94. The SMILES string of the molecule is CCC(C)(n1cc(I)nn1)[SH]1#CC1. The van der Waals surface area contributed by atoms with Gasteiger partial charge in [0, 0.05) is 5.75 Å². The van der Waals surface area contributed by atoms with Crippen molar-refractivity contribution in [2.24, 2.45) is 0 Å². The molecule has 0 spiro atoms. The maximum Gasteiger partial charge on any atom is 0.143 e. The molecule has 13 heavy (non-hydrogen) atoms. The molecular formula is C8H12IN3S. The van der Waals surface area contributed by atoms with Crippen molar-refractivity contribution in [3.8, 4) is 5.18 Å². The van der Waals surface area contributed by atoms with Crippen molar-refractivity contribution >= 4 is 32.9 Å². The van der Waals surface area contributed by atoms with Gasteiger partial charge in [-0.1, -0.05) is 12.1 Å². The molecule has 72 valence electrons. The molecule has 2 unspecified atom stereocenters. The van der Waals surface area contributed by atoms with E-state index in [0.717, 1.165) is 15.9 Å². The number of thiol groups is 1. The fourth-order valence-corrected chi connectivity index (χ4v) is 3.38. The van der Waals surface area contributed by atoms with Crippen LogP contribution in [0.3, 0.4) is 0 Å². The van der Waals surface area contributed by atoms with Crippen molar-refractivity contribution in [2.75, 3.05) is 5.75 Å². The van der Waals surface area contributed by atoms with Crippen LogP contribution in [-0.2, 0) is 4.87 Å². The van der Waals surface area contributed by atoms with E-state index in [1.54, 1.807) is 0 Å². The first-order chi connectivity index (χ1) is 6.16. The molecule has 0 saturated carbocycles. The lowest BCUT2D eigenvalue weighted by Crippen LogP contribution is -2.25. The minimum Gasteiger partial charge on any atom is -0.236 e. The van der Waals surface area contributed by atoms with Crippen molar-refractivity contribution in [2.45, 2.75) is 25.1 Å². The second kappa shape index (κ2) is 3.29. The number of hydrogen-bond acceptors (Lipinski definition) is 2. The maximum atomic E-state index is 4.16.